The molecular formula is C17H14ClN3O2. The maximum atomic E-state index is 11.3. The Kier molecular flexibility index (Phi) is 3.80. The number of hydrogen-bond donors (Lipinski definition) is 3. The van der Waals surface area contributed by atoms with Crippen molar-refractivity contribution >= 4 is 39.8 Å². The van der Waals surface area contributed by atoms with E-state index in [1.807, 2.05) is 12.1 Å². The second kappa shape index (κ2) is 5.78. The van der Waals surface area contributed by atoms with E-state index in [0.717, 1.165) is 5.39 Å². The van der Waals surface area contributed by atoms with Gasteiger partial charge < -0.3 is 15.8 Å². The van der Waals surface area contributed by atoms with Crippen molar-refractivity contribution in [2.75, 3.05) is 0 Å². The number of nitrogens with two attached hydrogens (primary N) is 1. The molecule has 0 atom stereocenters. The van der Waals surface area contributed by atoms with Gasteiger partial charge in [-0.15, -0.1) is 0 Å². The zero-order valence-electron chi connectivity index (χ0n) is 12.3. The minimum atomic E-state index is -0.521. The highest BCUT2D eigenvalue weighted by Gasteiger charge is 2.15. The van der Waals surface area contributed by atoms with Crippen LogP contribution in [0.3, 0.4) is 0 Å². The van der Waals surface area contributed by atoms with Gasteiger partial charge in [0.15, 0.2) is 5.88 Å². The van der Waals surface area contributed by atoms with Crippen molar-refractivity contribution in [1.29, 1.82) is 0 Å². The third-order valence-electron chi connectivity index (χ3n) is 3.53. The molecule has 3 aromatic rings. The number of aromatic nitrogens is 1. The van der Waals surface area contributed by atoms with Gasteiger partial charge in [0, 0.05) is 21.5 Å². The molecule has 0 aliphatic carbocycles. The Bertz CT molecular complexity index is 944. The number of aromatic amines is 1. The van der Waals surface area contributed by atoms with Crippen molar-refractivity contribution < 1.29 is 9.90 Å². The second-order valence-corrected chi connectivity index (χ2v) is 5.59. The molecule has 1 heterocycles. The van der Waals surface area contributed by atoms with Crippen LogP contribution < -0.4 is 5.73 Å². The summed E-state index contributed by atoms with van der Waals surface area (Å²) in [6, 6.07) is 12.1. The molecule has 0 spiro atoms. The van der Waals surface area contributed by atoms with E-state index in [-0.39, 0.29) is 5.88 Å². The van der Waals surface area contributed by atoms with E-state index < -0.39 is 5.91 Å². The van der Waals surface area contributed by atoms with Crippen molar-refractivity contribution in [2.24, 2.45) is 10.7 Å². The third-order valence-corrected chi connectivity index (χ3v) is 3.77. The zero-order chi connectivity index (χ0) is 16.6. The van der Waals surface area contributed by atoms with Crippen LogP contribution in [0.25, 0.3) is 10.9 Å². The molecule has 1 amide bonds. The van der Waals surface area contributed by atoms with Gasteiger partial charge in [-0.3, -0.25) is 9.79 Å². The summed E-state index contributed by atoms with van der Waals surface area (Å²) < 4.78 is 0. The number of benzene rings is 2. The first-order chi connectivity index (χ1) is 11.0. The summed E-state index contributed by atoms with van der Waals surface area (Å²) in [6.07, 6.45) is 0. The summed E-state index contributed by atoms with van der Waals surface area (Å²) in [5.74, 6) is -0.531. The molecule has 0 saturated heterocycles. The number of nitrogens with zero attached hydrogens (tertiary/aromatic N) is 1. The second-order valence-electron chi connectivity index (χ2n) is 5.15. The average Bonchev–Trinajstić information content (AvgIpc) is 2.81. The van der Waals surface area contributed by atoms with E-state index in [9.17, 15) is 9.90 Å². The number of H-pyrrole nitrogens is 1. The molecular weight excluding hydrogens is 314 g/mol. The molecule has 0 saturated carbocycles. The molecule has 5 nitrogen and oxygen atoms in total. The molecule has 0 fully saturated rings. The molecule has 0 aliphatic heterocycles. The van der Waals surface area contributed by atoms with E-state index in [1.54, 1.807) is 37.3 Å². The highest BCUT2D eigenvalue weighted by atomic mass is 35.5. The van der Waals surface area contributed by atoms with Gasteiger partial charge in [0.05, 0.1) is 17.0 Å². The van der Waals surface area contributed by atoms with Gasteiger partial charge in [-0.1, -0.05) is 23.7 Å². The molecule has 0 bridgehead atoms. The number of halogens is 1. The Morgan fingerprint density at radius 3 is 2.74 bits per heavy atom. The molecule has 0 unspecified atom stereocenters. The van der Waals surface area contributed by atoms with E-state index in [0.29, 0.717) is 33.1 Å². The zero-order valence-corrected chi connectivity index (χ0v) is 13.1. The van der Waals surface area contributed by atoms with Crippen LogP contribution in [0.2, 0.25) is 5.02 Å². The number of nitrogens with one attached hydrogen (secondary N) is 1. The topological polar surface area (TPSA) is 91.5 Å². The maximum Gasteiger partial charge on any atom is 0.248 e. The van der Waals surface area contributed by atoms with Crippen LogP contribution in [0, 0.1) is 0 Å². The van der Waals surface area contributed by atoms with Crippen LogP contribution in [0.15, 0.2) is 47.5 Å². The third kappa shape index (κ3) is 2.91. The van der Waals surface area contributed by atoms with E-state index >= 15 is 0 Å². The van der Waals surface area contributed by atoms with Crippen LogP contribution in [-0.4, -0.2) is 21.7 Å². The normalized spacial score (nSPS) is 11.8. The van der Waals surface area contributed by atoms with E-state index in [2.05, 4.69) is 9.98 Å². The van der Waals surface area contributed by atoms with Crippen molar-refractivity contribution in [1.82, 2.24) is 4.98 Å². The largest absolute Gasteiger partial charge is 0.494 e. The first-order valence-electron chi connectivity index (χ1n) is 6.91. The standard InChI is InChI=1S/C17H14ClN3O2/c1-9(20-12-4-2-3-11(18)8-12)15-13-6-5-10(16(19)22)7-14(13)21-17(15)23/h2-8,21,23H,1H3,(H2,19,22). The van der Waals surface area contributed by atoms with Crippen LogP contribution in [0.4, 0.5) is 5.69 Å². The molecule has 116 valence electrons. The Labute approximate surface area is 137 Å². The van der Waals surface area contributed by atoms with E-state index in [4.69, 9.17) is 17.3 Å². The molecule has 3 rings (SSSR count). The molecule has 0 aliphatic rings. The number of primary amides is 1. The summed E-state index contributed by atoms with van der Waals surface area (Å²) in [7, 11) is 0. The van der Waals surface area contributed by atoms with Gasteiger partial charge in [-0.25, -0.2) is 0 Å². The summed E-state index contributed by atoms with van der Waals surface area (Å²) in [5.41, 5.74) is 8.16. The summed E-state index contributed by atoms with van der Waals surface area (Å²) in [6.45, 7) is 1.80. The fourth-order valence-electron chi connectivity index (χ4n) is 2.50. The highest BCUT2D eigenvalue weighted by molar-refractivity contribution is 6.30. The average molecular weight is 328 g/mol. The minimum absolute atomic E-state index is 0.00935. The Hall–Kier alpha value is -2.79. The van der Waals surface area contributed by atoms with Gasteiger partial charge in [0.2, 0.25) is 5.91 Å². The van der Waals surface area contributed by atoms with Crippen molar-refractivity contribution in [3.63, 3.8) is 0 Å². The number of aliphatic imine (C=N–C) groups is 1. The van der Waals surface area contributed by atoms with E-state index in [1.165, 1.54) is 0 Å². The summed E-state index contributed by atoms with van der Waals surface area (Å²) in [5, 5.41) is 11.5. The molecule has 2 aromatic carbocycles. The fraction of sp³-hybridized carbons (Fsp3) is 0.0588. The Morgan fingerprint density at radius 1 is 1.26 bits per heavy atom. The number of carbonyl (C=O) groups excluding carboxylic acids is 1. The molecule has 6 heteroatoms. The van der Waals surface area contributed by atoms with Gasteiger partial charge in [-0.05, 0) is 37.3 Å². The predicted molar refractivity (Wildman–Crippen MR) is 91.8 cm³/mol. The molecule has 4 N–H and O–H groups in total. The van der Waals surface area contributed by atoms with Gasteiger partial charge >= 0.3 is 0 Å². The molecule has 0 radical (unpaired) electrons. The monoisotopic (exact) mass is 327 g/mol. The van der Waals surface area contributed by atoms with Gasteiger partial charge in [-0.2, -0.15) is 0 Å². The minimum Gasteiger partial charge on any atom is -0.494 e. The first kappa shape index (κ1) is 15.1. The summed E-state index contributed by atoms with van der Waals surface area (Å²) >= 11 is 5.96. The Morgan fingerprint density at radius 2 is 2.04 bits per heavy atom. The van der Waals surface area contributed by atoms with Crippen LogP contribution in [0.5, 0.6) is 5.88 Å². The van der Waals surface area contributed by atoms with Crippen LogP contribution in [-0.2, 0) is 0 Å². The van der Waals surface area contributed by atoms with Gasteiger partial charge in [0.25, 0.3) is 0 Å². The fourth-order valence-corrected chi connectivity index (χ4v) is 2.68. The van der Waals surface area contributed by atoms with Crippen LogP contribution in [0.1, 0.15) is 22.8 Å². The lowest BCUT2D eigenvalue weighted by Crippen LogP contribution is -2.10. The lowest BCUT2D eigenvalue weighted by molar-refractivity contribution is 0.100. The number of rotatable bonds is 3. The Balaban J connectivity index is 2.12. The SMILES string of the molecule is CC(=Nc1cccc(Cl)c1)c1c(O)[nH]c2cc(C(N)=O)ccc12. The lowest BCUT2D eigenvalue weighted by atomic mass is 10.1. The molecule has 1 aromatic heterocycles. The first-order valence-corrected chi connectivity index (χ1v) is 7.29. The van der Waals surface area contributed by atoms with Crippen molar-refractivity contribution in [3.8, 4) is 5.88 Å². The maximum absolute atomic E-state index is 11.3. The van der Waals surface area contributed by atoms with Crippen molar-refractivity contribution in [2.45, 2.75) is 6.92 Å². The predicted octanol–water partition coefficient (Wildman–Crippen LogP) is 3.77. The number of amides is 1. The quantitative estimate of drug-likeness (QED) is 0.639. The number of aromatic hydroxyl groups is 1. The number of fused-ring (bicyclic) bond motifs is 1. The summed E-state index contributed by atoms with van der Waals surface area (Å²) in [4.78, 5) is 18.6. The smallest absolute Gasteiger partial charge is 0.248 e. The van der Waals surface area contributed by atoms with Crippen LogP contribution >= 0.6 is 11.6 Å². The van der Waals surface area contributed by atoms with Crippen molar-refractivity contribution in [3.05, 3.63) is 58.6 Å². The number of hydrogen-bond acceptors (Lipinski definition) is 3. The number of carbonyl (C=O) groups is 1. The highest BCUT2D eigenvalue weighted by Crippen LogP contribution is 2.30. The van der Waals surface area contributed by atoms with Gasteiger partial charge in [0.1, 0.15) is 0 Å². The molecule has 23 heavy (non-hydrogen) atoms. The lowest BCUT2D eigenvalue weighted by Gasteiger charge is -2.02.